The van der Waals surface area contributed by atoms with Gasteiger partial charge in [-0.25, -0.2) is 0 Å². The minimum Gasteiger partial charge on any atom is -0.486 e. The number of aliphatic imine (C=N–C) groups is 1. The van der Waals surface area contributed by atoms with Crippen molar-refractivity contribution in [2.24, 2.45) is 4.99 Å². The van der Waals surface area contributed by atoms with Crippen molar-refractivity contribution in [3.05, 3.63) is 65.2 Å². The highest BCUT2D eigenvalue weighted by atomic mass is 35.5. The molecule has 3 aromatic carbocycles. The molecule has 0 aliphatic carbocycles. The summed E-state index contributed by atoms with van der Waals surface area (Å²) in [7, 11) is 0. The maximum atomic E-state index is 9.15. The van der Waals surface area contributed by atoms with Crippen LogP contribution >= 0.6 is 11.6 Å². The van der Waals surface area contributed by atoms with Crippen LogP contribution in [-0.4, -0.2) is 54.1 Å². The van der Waals surface area contributed by atoms with Crippen LogP contribution in [0.1, 0.15) is 5.56 Å². The SMILES string of the molecule is OCC(CO)N=Cc1ccc2c(Nc3cccc(-c4ccc5c(c4)OCCO5)c3Cl)noc2c1. The fourth-order valence-corrected chi connectivity index (χ4v) is 3.94. The molecule has 0 radical (unpaired) electrons. The number of fused-ring (bicyclic) bond motifs is 2. The monoisotopic (exact) mass is 479 g/mol. The molecule has 0 amide bonds. The molecule has 174 valence electrons. The zero-order chi connectivity index (χ0) is 23.5. The molecule has 2 heterocycles. The molecule has 0 saturated carbocycles. The van der Waals surface area contributed by atoms with E-state index in [2.05, 4.69) is 15.5 Å². The first-order chi connectivity index (χ1) is 16.7. The number of aliphatic hydroxyl groups is 2. The van der Waals surface area contributed by atoms with Crippen LogP contribution in [0.3, 0.4) is 0 Å². The molecule has 0 unspecified atom stereocenters. The van der Waals surface area contributed by atoms with Gasteiger partial charge in [0.2, 0.25) is 0 Å². The summed E-state index contributed by atoms with van der Waals surface area (Å²) in [6.07, 6.45) is 1.58. The Balaban J connectivity index is 1.41. The van der Waals surface area contributed by atoms with E-state index in [4.69, 9.17) is 35.8 Å². The fourth-order valence-electron chi connectivity index (χ4n) is 3.66. The summed E-state index contributed by atoms with van der Waals surface area (Å²) < 4.78 is 16.8. The first-order valence-corrected chi connectivity index (χ1v) is 11.1. The molecule has 1 aliphatic rings. The highest BCUT2D eigenvalue weighted by Crippen LogP contribution is 2.40. The lowest BCUT2D eigenvalue weighted by Gasteiger charge is -2.19. The topological polar surface area (TPSA) is 109 Å². The lowest BCUT2D eigenvalue weighted by atomic mass is 10.0. The zero-order valence-electron chi connectivity index (χ0n) is 18.1. The van der Waals surface area contributed by atoms with E-state index in [0.717, 1.165) is 27.8 Å². The Kier molecular flexibility index (Phi) is 6.35. The molecule has 0 atom stereocenters. The number of nitrogens with zero attached hydrogens (tertiary/aromatic N) is 2. The fraction of sp³-hybridized carbons (Fsp3) is 0.200. The number of rotatable bonds is 7. The Morgan fingerprint density at radius 3 is 2.68 bits per heavy atom. The van der Waals surface area contributed by atoms with Gasteiger partial charge in [-0.1, -0.05) is 41.0 Å². The largest absolute Gasteiger partial charge is 0.486 e. The number of aromatic nitrogens is 1. The van der Waals surface area contributed by atoms with Gasteiger partial charge in [-0.05, 0) is 41.5 Å². The van der Waals surface area contributed by atoms with Crippen molar-refractivity contribution in [2.45, 2.75) is 6.04 Å². The zero-order valence-corrected chi connectivity index (χ0v) is 18.8. The van der Waals surface area contributed by atoms with E-state index in [9.17, 15) is 0 Å². The van der Waals surface area contributed by atoms with E-state index < -0.39 is 6.04 Å². The summed E-state index contributed by atoms with van der Waals surface area (Å²) in [5.41, 5.74) is 3.77. The Morgan fingerprint density at radius 2 is 1.85 bits per heavy atom. The number of ether oxygens (including phenoxy) is 2. The molecule has 0 fully saturated rings. The number of nitrogens with one attached hydrogen (secondary N) is 1. The Hall–Kier alpha value is -3.59. The average Bonchev–Trinajstić information content (AvgIpc) is 3.27. The normalized spacial score (nSPS) is 13.2. The van der Waals surface area contributed by atoms with Crippen molar-refractivity contribution in [3.63, 3.8) is 0 Å². The third-order valence-electron chi connectivity index (χ3n) is 5.46. The summed E-state index contributed by atoms with van der Waals surface area (Å²) in [5.74, 6) is 1.95. The maximum Gasteiger partial charge on any atom is 0.181 e. The molecule has 0 spiro atoms. The molecular weight excluding hydrogens is 458 g/mol. The predicted molar refractivity (Wildman–Crippen MR) is 131 cm³/mol. The standard InChI is InChI=1S/C25H22ClN3O5/c26-24-18(16-5-7-21-23(11-16)33-9-8-32-21)2-1-3-20(24)28-25-19-6-4-15(10-22(19)34-29-25)12-27-17(13-30)14-31/h1-7,10-12,17,30-31H,8-9,13-14H2,(H,28,29). The van der Waals surface area contributed by atoms with Crippen molar-refractivity contribution in [1.82, 2.24) is 5.16 Å². The van der Waals surface area contributed by atoms with Gasteiger partial charge in [-0.15, -0.1) is 0 Å². The smallest absolute Gasteiger partial charge is 0.181 e. The summed E-state index contributed by atoms with van der Waals surface area (Å²) in [6.45, 7) is 0.607. The number of aliphatic hydroxyl groups excluding tert-OH is 2. The third kappa shape index (κ3) is 4.43. The van der Waals surface area contributed by atoms with E-state index in [-0.39, 0.29) is 13.2 Å². The van der Waals surface area contributed by atoms with Crippen molar-refractivity contribution in [3.8, 4) is 22.6 Å². The van der Waals surface area contributed by atoms with Crippen LogP contribution in [-0.2, 0) is 0 Å². The lowest BCUT2D eigenvalue weighted by Crippen LogP contribution is -2.15. The van der Waals surface area contributed by atoms with Crippen molar-refractivity contribution >= 4 is 40.3 Å². The quantitative estimate of drug-likeness (QED) is 0.336. The molecule has 8 nitrogen and oxygen atoms in total. The van der Waals surface area contributed by atoms with E-state index in [0.29, 0.717) is 41.1 Å². The Morgan fingerprint density at radius 1 is 1.03 bits per heavy atom. The molecule has 4 aromatic rings. The highest BCUT2D eigenvalue weighted by molar-refractivity contribution is 6.36. The second kappa shape index (κ2) is 9.72. The lowest BCUT2D eigenvalue weighted by molar-refractivity contribution is 0.171. The summed E-state index contributed by atoms with van der Waals surface area (Å²) in [4.78, 5) is 4.15. The number of halogens is 1. The first kappa shape index (κ1) is 22.2. The molecule has 1 aromatic heterocycles. The molecular formula is C25H22ClN3O5. The van der Waals surface area contributed by atoms with Crippen LogP contribution in [0.4, 0.5) is 11.5 Å². The summed E-state index contributed by atoms with van der Waals surface area (Å²) in [6, 6.07) is 16.4. The van der Waals surface area contributed by atoms with Crippen LogP contribution in [0.5, 0.6) is 11.5 Å². The molecule has 1 aliphatic heterocycles. The highest BCUT2D eigenvalue weighted by Gasteiger charge is 2.16. The van der Waals surface area contributed by atoms with Gasteiger partial charge < -0.3 is 29.5 Å². The Labute approximate surface area is 200 Å². The van der Waals surface area contributed by atoms with Gasteiger partial charge in [0.15, 0.2) is 22.9 Å². The summed E-state index contributed by atoms with van der Waals surface area (Å²) >= 11 is 6.77. The van der Waals surface area contributed by atoms with Gasteiger partial charge in [0.25, 0.3) is 0 Å². The van der Waals surface area contributed by atoms with Crippen molar-refractivity contribution < 1.29 is 24.2 Å². The molecule has 9 heteroatoms. The van der Waals surface area contributed by atoms with Crippen molar-refractivity contribution in [1.29, 1.82) is 0 Å². The minimum absolute atomic E-state index is 0.225. The van der Waals surface area contributed by atoms with Gasteiger partial charge in [-0.2, -0.15) is 0 Å². The minimum atomic E-state index is -0.550. The first-order valence-electron chi connectivity index (χ1n) is 10.8. The molecule has 0 bridgehead atoms. The average molecular weight is 480 g/mol. The molecule has 3 N–H and O–H groups in total. The predicted octanol–water partition coefficient (Wildman–Crippen LogP) is 4.44. The van der Waals surface area contributed by atoms with Crippen LogP contribution in [0.25, 0.3) is 22.1 Å². The van der Waals surface area contributed by atoms with Gasteiger partial charge in [-0.3, -0.25) is 4.99 Å². The van der Waals surface area contributed by atoms with Crippen LogP contribution in [0.2, 0.25) is 5.02 Å². The second-order valence-corrected chi connectivity index (χ2v) is 8.11. The summed E-state index contributed by atoms with van der Waals surface area (Å²) in [5, 5.41) is 27.0. The van der Waals surface area contributed by atoms with Gasteiger partial charge in [0.05, 0.1) is 35.4 Å². The Bertz CT molecular complexity index is 1350. The molecule has 5 rings (SSSR count). The van der Waals surface area contributed by atoms with Crippen molar-refractivity contribution in [2.75, 3.05) is 31.7 Å². The number of hydrogen-bond acceptors (Lipinski definition) is 8. The van der Waals surface area contributed by atoms with E-state index in [1.165, 1.54) is 0 Å². The van der Waals surface area contributed by atoms with Crippen LogP contribution in [0.15, 0.2) is 64.1 Å². The van der Waals surface area contributed by atoms with Gasteiger partial charge in [0, 0.05) is 11.8 Å². The number of benzene rings is 3. The molecule has 0 saturated heterocycles. The van der Waals surface area contributed by atoms with E-state index in [1.54, 1.807) is 12.3 Å². The third-order valence-corrected chi connectivity index (χ3v) is 5.86. The van der Waals surface area contributed by atoms with Gasteiger partial charge in [0.1, 0.15) is 13.2 Å². The molecule has 34 heavy (non-hydrogen) atoms. The number of anilines is 2. The van der Waals surface area contributed by atoms with E-state index >= 15 is 0 Å². The van der Waals surface area contributed by atoms with Gasteiger partial charge >= 0.3 is 0 Å². The van der Waals surface area contributed by atoms with E-state index in [1.807, 2.05) is 48.5 Å². The van der Waals surface area contributed by atoms with Crippen LogP contribution < -0.4 is 14.8 Å². The van der Waals surface area contributed by atoms with Crippen LogP contribution in [0, 0.1) is 0 Å². The second-order valence-electron chi connectivity index (χ2n) is 7.73. The number of hydrogen-bond donors (Lipinski definition) is 3. The maximum absolute atomic E-state index is 9.15.